The second kappa shape index (κ2) is 6.36. The molecule has 0 aliphatic rings. The lowest BCUT2D eigenvalue weighted by molar-refractivity contribution is -0.117. The van der Waals surface area contributed by atoms with Crippen molar-refractivity contribution in [2.75, 3.05) is 0 Å². The number of fused-ring (bicyclic) bond motifs is 1. The molecule has 0 bridgehead atoms. The molecule has 0 atom stereocenters. The standard InChI is InChI=1S/C20H22N2OS/c1-12-6-9-16(15(4)10-12)11-17(23)21-20-22(5)18-13(2)7-8-14(3)19(18)24-20/h6-10H,11H2,1-5H3. The van der Waals surface area contributed by atoms with Gasteiger partial charge in [0.2, 0.25) is 0 Å². The number of aryl methyl sites for hydroxylation is 5. The van der Waals surface area contributed by atoms with E-state index < -0.39 is 0 Å². The molecule has 3 aromatic rings. The Hall–Kier alpha value is -2.20. The van der Waals surface area contributed by atoms with Crippen LogP contribution in [0.25, 0.3) is 10.2 Å². The van der Waals surface area contributed by atoms with Crippen LogP contribution in [-0.4, -0.2) is 10.5 Å². The van der Waals surface area contributed by atoms with Gasteiger partial charge in [0.15, 0.2) is 4.80 Å². The van der Waals surface area contributed by atoms with Gasteiger partial charge in [-0.25, -0.2) is 0 Å². The number of amides is 1. The largest absolute Gasteiger partial charge is 0.319 e. The molecule has 124 valence electrons. The first kappa shape index (κ1) is 16.7. The van der Waals surface area contributed by atoms with Crippen molar-refractivity contribution in [3.63, 3.8) is 0 Å². The molecule has 0 saturated carbocycles. The number of carbonyl (C=O) groups is 1. The molecule has 0 aliphatic carbocycles. The Morgan fingerprint density at radius 3 is 2.42 bits per heavy atom. The van der Waals surface area contributed by atoms with Gasteiger partial charge in [0.25, 0.3) is 5.91 Å². The minimum atomic E-state index is -0.0978. The van der Waals surface area contributed by atoms with Gasteiger partial charge in [0.05, 0.1) is 16.6 Å². The van der Waals surface area contributed by atoms with Gasteiger partial charge in [-0.1, -0.05) is 47.2 Å². The SMILES string of the molecule is Cc1ccc(CC(=O)N=c2sc3c(C)ccc(C)c3n2C)c(C)c1. The van der Waals surface area contributed by atoms with Crippen molar-refractivity contribution in [3.05, 3.63) is 63.0 Å². The molecule has 3 rings (SSSR count). The molecule has 1 aromatic heterocycles. The zero-order valence-corrected chi connectivity index (χ0v) is 15.6. The Labute approximate surface area is 146 Å². The van der Waals surface area contributed by atoms with Gasteiger partial charge in [-0.2, -0.15) is 4.99 Å². The summed E-state index contributed by atoms with van der Waals surface area (Å²) in [6, 6.07) is 10.4. The van der Waals surface area contributed by atoms with E-state index in [1.165, 1.54) is 21.4 Å². The lowest BCUT2D eigenvalue weighted by Crippen LogP contribution is -2.14. The van der Waals surface area contributed by atoms with E-state index in [-0.39, 0.29) is 5.91 Å². The Morgan fingerprint density at radius 2 is 1.75 bits per heavy atom. The Balaban J connectivity index is 2.01. The second-order valence-corrected chi connectivity index (χ2v) is 7.41. The third-order valence-electron chi connectivity index (χ3n) is 4.41. The van der Waals surface area contributed by atoms with Crippen LogP contribution < -0.4 is 4.80 Å². The molecule has 2 aromatic carbocycles. The molecule has 3 nitrogen and oxygen atoms in total. The quantitative estimate of drug-likeness (QED) is 0.691. The summed E-state index contributed by atoms with van der Waals surface area (Å²) in [5, 5.41) is 0. The van der Waals surface area contributed by atoms with E-state index in [0.29, 0.717) is 6.42 Å². The maximum absolute atomic E-state index is 12.4. The van der Waals surface area contributed by atoms with Crippen LogP contribution in [0.3, 0.4) is 0 Å². The topological polar surface area (TPSA) is 34.4 Å². The molecule has 24 heavy (non-hydrogen) atoms. The summed E-state index contributed by atoms with van der Waals surface area (Å²) in [5.41, 5.74) is 6.99. The number of carbonyl (C=O) groups excluding carboxylic acids is 1. The van der Waals surface area contributed by atoms with Crippen molar-refractivity contribution in [1.29, 1.82) is 0 Å². The lowest BCUT2D eigenvalue weighted by atomic mass is 10.0. The fourth-order valence-electron chi connectivity index (χ4n) is 3.02. The molecule has 4 heteroatoms. The summed E-state index contributed by atoms with van der Waals surface area (Å²) >= 11 is 1.59. The highest BCUT2D eigenvalue weighted by Gasteiger charge is 2.10. The van der Waals surface area contributed by atoms with E-state index in [9.17, 15) is 4.79 Å². The molecule has 0 aliphatic heterocycles. The number of rotatable bonds is 2. The third kappa shape index (κ3) is 3.06. The fraction of sp³-hybridized carbons (Fsp3) is 0.300. The second-order valence-electron chi connectivity index (χ2n) is 6.43. The van der Waals surface area contributed by atoms with Gasteiger partial charge in [-0.05, 0) is 49.9 Å². The maximum atomic E-state index is 12.4. The predicted molar refractivity (Wildman–Crippen MR) is 100 cm³/mol. The van der Waals surface area contributed by atoms with Gasteiger partial charge in [-0.3, -0.25) is 4.79 Å². The number of nitrogens with zero attached hydrogens (tertiary/aromatic N) is 2. The molecule has 1 heterocycles. The number of aromatic nitrogens is 1. The van der Waals surface area contributed by atoms with Crippen LogP contribution in [0.2, 0.25) is 0 Å². The molecule has 1 amide bonds. The van der Waals surface area contributed by atoms with Crippen LogP contribution >= 0.6 is 11.3 Å². The first-order valence-corrected chi connectivity index (χ1v) is 8.88. The molecule has 0 N–H and O–H groups in total. The first-order valence-electron chi connectivity index (χ1n) is 8.06. The monoisotopic (exact) mass is 338 g/mol. The number of hydrogen-bond acceptors (Lipinski definition) is 2. The van der Waals surface area contributed by atoms with Gasteiger partial charge in [-0.15, -0.1) is 0 Å². The molecule has 0 radical (unpaired) electrons. The smallest absolute Gasteiger partial charge is 0.252 e. The highest BCUT2D eigenvalue weighted by atomic mass is 32.1. The lowest BCUT2D eigenvalue weighted by Gasteiger charge is -2.04. The zero-order chi connectivity index (χ0) is 17.4. The van der Waals surface area contributed by atoms with Crippen LogP contribution in [-0.2, 0) is 18.3 Å². The van der Waals surface area contributed by atoms with Crippen molar-refractivity contribution >= 4 is 27.5 Å². The summed E-state index contributed by atoms with van der Waals surface area (Å²) < 4.78 is 3.23. The van der Waals surface area contributed by atoms with Crippen molar-refractivity contribution in [2.24, 2.45) is 12.0 Å². The summed E-state index contributed by atoms with van der Waals surface area (Å²) in [7, 11) is 1.98. The van der Waals surface area contributed by atoms with Gasteiger partial charge in [0, 0.05) is 7.05 Å². The molecular formula is C20H22N2OS. The van der Waals surface area contributed by atoms with Crippen molar-refractivity contribution < 1.29 is 4.79 Å². The average molecular weight is 338 g/mol. The predicted octanol–water partition coefficient (Wildman–Crippen LogP) is 4.14. The van der Waals surface area contributed by atoms with Crippen molar-refractivity contribution in [1.82, 2.24) is 4.57 Å². The van der Waals surface area contributed by atoms with Crippen molar-refractivity contribution in [2.45, 2.75) is 34.1 Å². The minimum absolute atomic E-state index is 0.0978. The van der Waals surface area contributed by atoms with E-state index in [1.54, 1.807) is 11.3 Å². The normalized spacial score (nSPS) is 12.1. The number of hydrogen-bond donors (Lipinski definition) is 0. The molecular weight excluding hydrogens is 316 g/mol. The summed E-state index contributed by atoms with van der Waals surface area (Å²) in [6.45, 7) is 8.29. The zero-order valence-electron chi connectivity index (χ0n) is 14.8. The van der Waals surface area contributed by atoms with Crippen LogP contribution in [0.5, 0.6) is 0 Å². The van der Waals surface area contributed by atoms with Crippen LogP contribution in [0.1, 0.15) is 27.8 Å². The van der Waals surface area contributed by atoms with E-state index in [1.807, 2.05) is 30.7 Å². The third-order valence-corrected chi connectivity index (χ3v) is 5.67. The summed E-state index contributed by atoms with van der Waals surface area (Å²) in [4.78, 5) is 17.6. The number of thiazole rings is 1. The average Bonchev–Trinajstić information content (AvgIpc) is 2.84. The van der Waals surface area contributed by atoms with E-state index in [2.05, 4.69) is 44.0 Å². The van der Waals surface area contributed by atoms with E-state index in [0.717, 1.165) is 21.4 Å². The summed E-state index contributed by atoms with van der Waals surface area (Å²) in [5.74, 6) is -0.0978. The van der Waals surface area contributed by atoms with E-state index >= 15 is 0 Å². The highest BCUT2D eigenvalue weighted by molar-refractivity contribution is 7.16. The fourth-order valence-corrected chi connectivity index (χ4v) is 4.20. The Kier molecular flexibility index (Phi) is 4.41. The van der Waals surface area contributed by atoms with Crippen LogP contribution in [0, 0.1) is 27.7 Å². The van der Waals surface area contributed by atoms with Crippen LogP contribution in [0.4, 0.5) is 0 Å². The molecule has 0 saturated heterocycles. The molecule has 0 spiro atoms. The van der Waals surface area contributed by atoms with E-state index in [4.69, 9.17) is 0 Å². The minimum Gasteiger partial charge on any atom is -0.319 e. The highest BCUT2D eigenvalue weighted by Crippen LogP contribution is 2.24. The Morgan fingerprint density at radius 1 is 1.04 bits per heavy atom. The first-order chi connectivity index (χ1) is 11.4. The van der Waals surface area contributed by atoms with Gasteiger partial charge < -0.3 is 4.57 Å². The summed E-state index contributed by atoms with van der Waals surface area (Å²) in [6.07, 6.45) is 0.346. The number of benzene rings is 2. The molecule has 0 unspecified atom stereocenters. The van der Waals surface area contributed by atoms with Gasteiger partial charge in [0.1, 0.15) is 0 Å². The molecule has 0 fully saturated rings. The van der Waals surface area contributed by atoms with Crippen molar-refractivity contribution in [3.8, 4) is 0 Å². The maximum Gasteiger partial charge on any atom is 0.252 e. The van der Waals surface area contributed by atoms with Crippen LogP contribution in [0.15, 0.2) is 35.3 Å². The Bertz CT molecular complexity index is 1010. The van der Waals surface area contributed by atoms with Gasteiger partial charge >= 0.3 is 0 Å².